The SMILES string of the molecule is COc1ccc(C(CNC(=O)Cn2c(C)cc3ccccc32)N(C)C)cc1. The lowest BCUT2D eigenvalue weighted by Crippen LogP contribution is -2.36. The first-order valence-corrected chi connectivity index (χ1v) is 9.11. The van der Waals surface area contributed by atoms with Crippen molar-refractivity contribution in [1.29, 1.82) is 0 Å². The number of methoxy groups -OCH3 is 1. The lowest BCUT2D eigenvalue weighted by Gasteiger charge is -2.25. The van der Waals surface area contributed by atoms with Gasteiger partial charge in [0.05, 0.1) is 13.2 Å². The Kier molecular flexibility index (Phi) is 5.81. The van der Waals surface area contributed by atoms with Gasteiger partial charge in [-0.05, 0) is 56.2 Å². The fourth-order valence-electron chi connectivity index (χ4n) is 3.39. The molecule has 0 radical (unpaired) electrons. The first kappa shape index (κ1) is 19.0. The molecule has 2 aromatic carbocycles. The maximum Gasteiger partial charge on any atom is 0.240 e. The molecule has 3 rings (SSSR count). The smallest absolute Gasteiger partial charge is 0.240 e. The minimum absolute atomic E-state index is 0.0137. The monoisotopic (exact) mass is 365 g/mol. The highest BCUT2D eigenvalue weighted by atomic mass is 16.5. The van der Waals surface area contributed by atoms with E-state index in [1.807, 2.05) is 57.4 Å². The average molecular weight is 365 g/mol. The zero-order valence-corrected chi connectivity index (χ0v) is 16.4. The van der Waals surface area contributed by atoms with Gasteiger partial charge < -0.3 is 19.5 Å². The first-order valence-electron chi connectivity index (χ1n) is 9.11. The minimum Gasteiger partial charge on any atom is -0.497 e. The molecule has 1 amide bonds. The molecule has 0 spiro atoms. The number of hydrogen-bond acceptors (Lipinski definition) is 3. The molecule has 1 aromatic heterocycles. The van der Waals surface area contributed by atoms with Crippen molar-refractivity contribution in [1.82, 2.24) is 14.8 Å². The minimum atomic E-state index is 0.0137. The Morgan fingerprint density at radius 1 is 1.15 bits per heavy atom. The molecule has 0 fully saturated rings. The zero-order chi connectivity index (χ0) is 19.4. The molecule has 5 heteroatoms. The van der Waals surface area contributed by atoms with Crippen molar-refractivity contribution in [2.45, 2.75) is 19.5 Å². The summed E-state index contributed by atoms with van der Waals surface area (Å²) in [4.78, 5) is 14.7. The van der Waals surface area contributed by atoms with E-state index >= 15 is 0 Å². The number of benzene rings is 2. The van der Waals surface area contributed by atoms with Crippen LogP contribution >= 0.6 is 0 Å². The molecule has 1 atom stereocenters. The molecule has 1 N–H and O–H groups in total. The van der Waals surface area contributed by atoms with Crippen molar-refractivity contribution >= 4 is 16.8 Å². The van der Waals surface area contributed by atoms with Crippen LogP contribution in [0.25, 0.3) is 10.9 Å². The van der Waals surface area contributed by atoms with E-state index < -0.39 is 0 Å². The molecule has 0 aliphatic carbocycles. The largest absolute Gasteiger partial charge is 0.497 e. The van der Waals surface area contributed by atoms with Gasteiger partial charge in [0, 0.05) is 17.8 Å². The lowest BCUT2D eigenvalue weighted by atomic mass is 10.1. The molecule has 142 valence electrons. The van der Waals surface area contributed by atoms with Gasteiger partial charge in [-0.15, -0.1) is 0 Å². The number of aromatic nitrogens is 1. The van der Waals surface area contributed by atoms with E-state index in [4.69, 9.17) is 4.74 Å². The predicted molar refractivity (Wildman–Crippen MR) is 109 cm³/mol. The van der Waals surface area contributed by atoms with E-state index in [9.17, 15) is 4.79 Å². The summed E-state index contributed by atoms with van der Waals surface area (Å²) in [6.07, 6.45) is 0. The fraction of sp³-hybridized carbons (Fsp3) is 0.318. The number of nitrogens with zero attached hydrogens (tertiary/aromatic N) is 2. The van der Waals surface area contributed by atoms with E-state index in [1.165, 1.54) is 0 Å². The van der Waals surface area contributed by atoms with E-state index in [2.05, 4.69) is 33.0 Å². The molecule has 0 saturated heterocycles. The van der Waals surface area contributed by atoms with Gasteiger partial charge in [0.15, 0.2) is 0 Å². The summed E-state index contributed by atoms with van der Waals surface area (Å²) in [5, 5.41) is 4.25. The number of likely N-dealkylation sites (N-methyl/N-ethyl adjacent to an activating group) is 1. The van der Waals surface area contributed by atoms with Crippen molar-refractivity contribution in [3.05, 3.63) is 65.9 Å². The molecular weight excluding hydrogens is 338 g/mol. The van der Waals surface area contributed by atoms with Crippen molar-refractivity contribution in [2.75, 3.05) is 27.7 Å². The average Bonchev–Trinajstić information content (AvgIpc) is 2.97. The number of fused-ring (bicyclic) bond motifs is 1. The van der Waals surface area contributed by atoms with E-state index in [0.717, 1.165) is 27.9 Å². The van der Waals surface area contributed by atoms with E-state index in [-0.39, 0.29) is 11.9 Å². The third-order valence-electron chi connectivity index (χ3n) is 4.94. The van der Waals surface area contributed by atoms with Crippen LogP contribution in [0.2, 0.25) is 0 Å². The number of ether oxygens (including phenoxy) is 1. The van der Waals surface area contributed by atoms with E-state index in [1.54, 1.807) is 7.11 Å². The van der Waals surface area contributed by atoms with Crippen LogP contribution in [0.4, 0.5) is 0 Å². The molecule has 3 aromatic rings. The molecule has 1 unspecified atom stereocenters. The number of amides is 1. The summed E-state index contributed by atoms with van der Waals surface area (Å²) >= 11 is 0. The number of hydrogen-bond donors (Lipinski definition) is 1. The van der Waals surface area contributed by atoms with Crippen LogP contribution < -0.4 is 10.1 Å². The van der Waals surface area contributed by atoms with Gasteiger partial charge in [0.1, 0.15) is 12.3 Å². The third kappa shape index (κ3) is 4.31. The number of nitrogens with one attached hydrogen (secondary N) is 1. The summed E-state index contributed by atoms with van der Waals surface area (Å²) in [6.45, 7) is 2.91. The normalized spacial score (nSPS) is 12.3. The Balaban J connectivity index is 1.68. The molecule has 1 heterocycles. The highest BCUT2D eigenvalue weighted by molar-refractivity contribution is 5.84. The molecule has 27 heavy (non-hydrogen) atoms. The Morgan fingerprint density at radius 2 is 1.85 bits per heavy atom. The summed E-state index contributed by atoms with van der Waals surface area (Å²) in [6, 6.07) is 18.3. The Bertz CT molecular complexity index is 913. The van der Waals surface area contributed by atoms with Gasteiger partial charge in [0.25, 0.3) is 0 Å². The highest BCUT2D eigenvalue weighted by Gasteiger charge is 2.16. The van der Waals surface area contributed by atoms with Crippen LogP contribution in [-0.2, 0) is 11.3 Å². The topological polar surface area (TPSA) is 46.5 Å². The quantitative estimate of drug-likeness (QED) is 0.698. The van der Waals surface area contributed by atoms with Crippen molar-refractivity contribution in [2.24, 2.45) is 0 Å². The Morgan fingerprint density at radius 3 is 2.52 bits per heavy atom. The van der Waals surface area contributed by atoms with E-state index in [0.29, 0.717) is 13.1 Å². The van der Waals surface area contributed by atoms with Gasteiger partial charge in [-0.25, -0.2) is 0 Å². The fourth-order valence-corrected chi connectivity index (χ4v) is 3.39. The number of rotatable bonds is 7. The van der Waals surface area contributed by atoms with Gasteiger partial charge in [-0.3, -0.25) is 4.79 Å². The second-order valence-corrected chi connectivity index (χ2v) is 6.99. The first-order chi connectivity index (χ1) is 13.0. The molecule has 5 nitrogen and oxygen atoms in total. The summed E-state index contributed by atoms with van der Waals surface area (Å²) in [5.74, 6) is 0.843. The van der Waals surface area contributed by atoms with Crippen molar-refractivity contribution in [3.8, 4) is 5.75 Å². The molecule has 0 bridgehead atoms. The van der Waals surface area contributed by atoms with Gasteiger partial charge >= 0.3 is 0 Å². The molecular formula is C22H27N3O2. The molecule has 0 aliphatic rings. The predicted octanol–water partition coefficient (Wildman–Crippen LogP) is 3.38. The number of para-hydroxylation sites is 1. The third-order valence-corrected chi connectivity index (χ3v) is 4.94. The van der Waals surface area contributed by atoms with Crippen LogP contribution in [-0.4, -0.2) is 43.1 Å². The highest BCUT2D eigenvalue weighted by Crippen LogP contribution is 2.21. The molecule has 0 aliphatic heterocycles. The second-order valence-electron chi connectivity index (χ2n) is 6.99. The summed E-state index contributed by atoms with van der Waals surface area (Å²) in [7, 11) is 5.70. The van der Waals surface area contributed by atoms with Crippen LogP contribution in [0.15, 0.2) is 54.6 Å². The maximum absolute atomic E-state index is 12.6. The van der Waals surface area contributed by atoms with Gasteiger partial charge in [-0.1, -0.05) is 30.3 Å². The Hall–Kier alpha value is -2.79. The van der Waals surface area contributed by atoms with Gasteiger partial charge in [-0.2, -0.15) is 0 Å². The summed E-state index contributed by atoms with van der Waals surface area (Å²) in [5.41, 5.74) is 3.32. The zero-order valence-electron chi connectivity index (χ0n) is 16.4. The van der Waals surface area contributed by atoms with Gasteiger partial charge in [0.2, 0.25) is 5.91 Å². The Labute approximate surface area is 160 Å². The number of carbonyl (C=O) groups excluding carboxylic acids is 1. The van der Waals surface area contributed by atoms with Crippen LogP contribution in [0.5, 0.6) is 5.75 Å². The second kappa shape index (κ2) is 8.27. The van der Waals surface area contributed by atoms with Crippen LogP contribution in [0, 0.1) is 6.92 Å². The number of carbonyl (C=O) groups is 1. The number of aryl methyl sites for hydroxylation is 1. The molecule has 0 saturated carbocycles. The lowest BCUT2D eigenvalue weighted by molar-refractivity contribution is -0.121. The standard InChI is InChI=1S/C22H27N3O2/c1-16-13-18-7-5-6-8-20(18)25(16)15-22(26)23-14-21(24(2)3)17-9-11-19(27-4)12-10-17/h5-13,21H,14-15H2,1-4H3,(H,23,26). The van der Waals surface area contributed by atoms with Crippen molar-refractivity contribution < 1.29 is 9.53 Å². The van der Waals surface area contributed by atoms with Crippen LogP contribution in [0.1, 0.15) is 17.3 Å². The maximum atomic E-state index is 12.6. The summed E-state index contributed by atoms with van der Waals surface area (Å²) < 4.78 is 7.28. The van der Waals surface area contributed by atoms with Crippen molar-refractivity contribution in [3.63, 3.8) is 0 Å². The van der Waals surface area contributed by atoms with Crippen LogP contribution in [0.3, 0.4) is 0 Å².